The smallest absolute Gasteiger partial charge is 0.126 e. The molecule has 0 saturated heterocycles. The predicted molar refractivity (Wildman–Crippen MR) is 101 cm³/mol. The Morgan fingerprint density at radius 1 is 1.05 bits per heavy atom. The van der Waals surface area contributed by atoms with Gasteiger partial charge in [-0.15, -0.1) is 13.2 Å². The van der Waals surface area contributed by atoms with Gasteiger partial charge in [0.05, 0.1) is 0 Å². The van der Waals surface area contributed by atoms with Crippen LogP contribution >= 0.6 is 0 Å². The third kappa shape index (κ3) is 22.8. The predicted octanol–water partition coefficient (Wildman–Crippen LogP) is 5.98. The van der Waals surface area contributed by atoms with E-state index in [-0.39, 0.29) is 5.78 Å². The molecule has 22 heavy (non-hydrogen) atoms. The van der Waals surface area contributed by atoms with Gasteiger partial charge in [0.25, 0.3) is 0 Å². The molecule has 0 heterocycles. The molecule has 0 N–H and O–H groups in total. The first kappa shape index (κ1) is 24.7. The molecular formula is C21H30O. The molecule has 0 radical (unpaired) electrons. The summed E-state index contributed by atoms with van der Waals surface area (Å²) < 4.78 is 0. The first-order chi connectivity index (χ1) is 10.6. The minimum Gasteiger partial charge on any atom is -0.300 e. The van der Waals surface area contributed by atoms with Crippen molar-refractivity contribution in [3.8, 4) is 11.8 Å². The molecule has 1 nitrogen and oxygen atoms in total. The molecule has 0 unspecified atom stereocenters. The monoisotopic (exact) mass is 298 g/mol. The average Bonchev–Trinajstić information content (AvgIpc) is 2.55. The van der Waals surface area contributed by atoms with Gasteiger partial charge >= 0.3 is 0 Å². The van der Waals surface area contributed by atoms with E-state index in [4.69, 9.17) is 0 Å². The second-order valence-corrected chi connectivity index (χ2v) is 3.90. The number of Topliss-reactive ketones (excluding diaryl/α,β-unsaturated/α-hetero) is 1. The van der Waals surface area contributed by atoms with Crippen LogP contribution in [0, 0.1) is 11.8 Å². The van der Waals surface area contributed by atoms with Crippen molar-refractivity contribution in [2.45, 2.75) is 41.5 Å². The molecule has 0 aliphatic rings. The highest BCUT2D eigenvalue weighted by atomic mass is 16.1. The first-order valence-corrected chi connectivity index (χ1v) is 7.40. The Morgan fingerprint density at radius 2 is 1.50 bits per heavy atom. The van der Waals surface area contributed by atoms with Gasteiger partial charge in [-0.25, -0.2) is 0 Å². The van der Waals surface area contributed by atoms with Gasteiger partial charge < -0.3 is 4.79 Å². The summed E-state index contributed by atoms with van der Waals surface area (Å²) in [6.45, 7) is 17.1. The van der Waals surface area contributed by atoms with Crippen LogP contribution in [-0.4, -0.2) is 5.78 Å². The van der Waals surface area contributed by atoms with E-state index in [0.29, 0.717) is 0 Å². The Kier molecular flexibility index (Phi) is 23.5. The average molecular weight is 298 g/mol. The second-order valence-electron chi connectivity index (χ2n) is 3.90. The van der Waals surface area contributed by atoms with Gasteiger partial charge in [-0.1, -0.05) is 62.1 Å². The van der Waals surface area contributed by atoms with Gasteiger partial charge in [0.2, 0.25) is 0 Å². The molecule has 0 saturated carbocycles. The highest BCUT2D eigenvalue weighted by molar-refractivity contribution is 5.72. The normalized spacial score (nSPS) is 8.73. The molecule has 1 aromatic rings. The summed E-state index contributed by atoms with van der Waals surface area (Å²) in [5.41, 5.74) is 2.13. The number of hydrogen-bond acceptors (Lipinski definition) is 1. The summed E-state index contributed by atoms with van der Waals surface area (Å²) in [4.78, 5) is 9.44. The fourth-order valence-electron chi connectivity index (χ4n) is 0.974. The van der Waals surface area contributed by atoms with Crippen molar-refractivity contribution < 1.29 is 4.79 Å². The third-order valence-corrected chi connectivity index (χ3v) is 1.72. The van der Waals surface area contributed by atoms with E-state index in [1.54, 1.807) is 0 Å². The molecule has 120 valence electrons. The minimum absolute atomic E-state index is 0.167. The Balaban J connectivity index is -0.000000383. The maximum absolute atomic E-state index is 9.44. The summed E-state index contributed by atoms with van der Waals surface area (Å²) >= 11 is 0. The van der Waals surface area contributed by atoms with Crippen molar-refractivity contribution in [2.24, 2.45) is 0 Å². The van der Waals surface area contributed by atoms with Gasteiger partial charge in [-0.05, 0) is 45.4 Å². The molecule has 1 aromatic carbocycles. The van der Waals surface area contributed by atoms with Gasteiger partial charge in [0.1, 0.15) is 5.78 Å². The number of ketones is 1. The van der Waals surface area contributed by atoms with Crippen LogP contribution in [0.3, 0.4) is 0 Å². The molecule has 0 aromatic heterocycles. The lowest BCUT2D eigenvalue weighted by molar-refractivity contribution is -0.114. The van der Waals surface area contributed by atoms with Crippen LogP contribution < -0.4 is 0 Å². The SMILES string of the molecule is C/C=C\C=C(/C)C#Cc1ccccc1.C=C.CC.CC(C)=O. The van der Waals surface area contributed by atoms with Crippen LogP contribution in [0.5, 0.6) is 0 Å². The van der Waals surface area contributed by atoms with Crippen molar-refractivity contribution in [3.05, 3.63) is 72.9 Å². The zero-order valence-corrected chi connectivity index (χ0v) is 14.9. The van der Waals surface area contributed by atoms with Crippen LogP contribution in [0.25, 0.3) is 0 Å². The lowest BCUT2D eigenvalue weighted by Gasteiger charge is -1.87. The Labute approximate surface area is 137 Å². The molecule has 0 aliphatic heterocycles. The Bertz CT molecular complexity index is 478. The minimum atomic E-state index is 0.167. The van der Waals surface area contributed by atoms with Crippen LogP contribution in [0.4, 0.5) is 0 Å². The quantitative estimate of drug-likeness (QED) is 0.354. The Hall–Kier alpha value is -2.33. The van der Waals surface area contributed by atoms with Crippen molar-refractivity contribution in [2.75, 3.05) is 0 Å². The number of rotatable bonds is 1. The molecule has 1 heteroatoms. The second kappa shape index (κ2) is 21.0. The molecule has 0 aliphatic carbocycles. The van der Waals surface area contributed by atoms with E-state index in [1.165, 1.54) is 13.8 Å². The summed E-state index contributed by atoms with van der Waals surface area (Å²) in [5.74, 6) is 6.36. The number of hydrogen-bond donors (Lipinski definition) is 0. The van der Waals surface area contributed by atoms with E-state index in [2.05, 4.69) is 25.0 Å². The van der Waals surface area contributed by atoms with Crippen molar-refractivity contribution in [1.82, 2.24) is 0 Å². The fourth-order valence-corrected chi connectivity index (χ4v) is 0.974. The molecule has 0 amide bonds. The topological polar surface area (TPSA) is 17.1 Å². The van der Waals surface area contributed by atoms with Crippen molar-refractivity contribution in [3.63, 3.8) is 0 Å². The van der Waals surface area contributed by atoms with E-state index in [1.807, 2.05) is 76.3 Å². The summed E-state index contributed by atoms with van der Waals surface area (Å²) in [6, 6.07) is 10.0. The zero-order valence-electron chi connectivity index (χ0n) is 14.9. The summed E-state index contributed by atoms with van der Waals surface area (Å²) in [5, 5.41) is 0. The standard InChI is InChI=1S/C14H14.C3H6O.C2H6.C2H4/c1-3-4-8-13(2)11-12-14-9-6-5-7-10-14;1-3(2)4;2*1-2/h3-10H,1-2H3;1-2H3;1-2H3;1-2H2/b4-3-,13-8+;;;. The van der Waals surface area contributed by atoms with E-state index in [0.717, 1.165) is 11.1 Å². The number of carbonyl (C=O) groups excluding carboxylic acids is 1. The fraction of sp³-hybridized carbons (Fsp3) is 0.286. The van der Waals surface area contributed by atoms with Gasteiger partial charge in [0.15, 0.2) is 0 Å². The molecule has 0 atom stereocenters. The summed E-state index contributed by atoms with van der Waals surface area (Å²) in [6.07, 6.45) is 6.00. The van der Waals surface area contributed by atoms with Gasteiger partial charge in [-0.3, -0.25) is 0 Å². The van der Waals surface area contributed by atoms with Gasteiger partial charge in [0, 0.05) is 5.56 Å². The van der Waals surface area contributed by atoms with E-state index < -0.39 is 0 Å². The van der Waals surface area contributed by atoms with E-state index >= 15 is 0 Å². The first-order valence-electron chi connectivity index (χ1n) is 7.40. The van der Waals surface area contributed by atoms with Crippen LogP contribution in [0.1, 0.15) is 47.1 Å². The van der Waals surface area contributed by atoms with Gasteiger partial charge in [-0.2, -0.15) is 0 Å². The lowest BCUT2D eigenvalue weighted by Crippen LogP contribution is -1.72. The Morgan fingerprint density at radius 3 is 1.91 bits per heavy atom. The van der Waals surface area contributed by atoms with E-state index in [9.17, 15) is 4.79 Å². The van der Waals surface area contributed by atoms with Crippen molar-refractivity contribution >= 4 is 5.78 Å². The molecule has 1 rings (SSSR count). The lowest BCUT2D eigenvalue weighted by atomic mass is 10.2. The maximum Gasteiger partial charge on any atom is 0.126 e. The molecule has 0 bridgehead atoms. The van der Waals surface area contributed by atoms with Crippen LogP contribution in [-0.2, 0) is 4.79 Å². The zero-order chi connectivity index (χ0) is 17.8. The molecule has 0 fully saturated rings. The maximum atomic E-state index is 9.44. The van der Waals surface area contributed by atoms with Crippen LogP contribution in [0.15, 0.2) is 67.3 Å². The highest BCUT2D eigenvalue weighted by Crippen LogP contribution is 1.97. The molecule has 0 spiro atoms. The number of benzene rings is 1. The van der Waals surface area contributed by atoms with Crippen molar-refractivity contribution in [1.29, 1.82) is 0 Å². The van der Waals surface area contributed by atoms with Crippen LogP contribution in [0.2, 0.25) is 0 Å². The molecular weight excluding hydrogens is 268 g/mol. The number of carbonyl (C=O) groups is 1. The number of allylic oxidation sites excluding steroid dienone is 4. The third-order valence-electron chi connectivity index (χ3n) is 1.72. The highest BCUT2D eigenvalue weighted by Gasteiger charge is 1.81. The summed E-state index contributed by atoms with van der Waals surface area (Å²) in [7, 11) is 0. The largest absolute Gasteiger partial charge is 0.300 e.